The van der Waals surface area contributed by atoms with Gasteiger partial charge in [0.05, 0.1) is 18.1 Å². The fraction of sp³-hybridized carbons (Fsp3) is 0.316. The van der Waals surface area contributed by atoms with Gasteiger partial charge in [0.2, 0.25) is 5.91 Å². The SMILES string of the molecule is CC1(CO)C=CC(C(=O)O)=CC1C(=O)O.O=C1CCNN1.c1ccccc1. The number of carbonyl (C=O) groups is 3. The first-order valence-corrected chi connectivity index (χ1v) is 8.30. The quantitative estimate of drug-likeness (QED) is 0.530. The van der Waals surface area contributed by atoms with E-state index in [9.17, 15) is 14.4 Å². The zero-order chi connectivity index (χ0) is 20.3. The van der Waals surface area contributed by atoms with Crippen LogP contribution < -0.4 is 10.9 Å². The Morgan fingerprint density at radius 3 is 2.00 bits per heavy atom. The van der Waals surface area contributed by atoms with E-state index >= 15 is 0 Å². The van der Waals surface area contributed by atoms with Gasteiger partial charge in [-0.2, -0.15) is 0 Å². The van der Waals surface area contributed by atoms with Gasteiger partial charge in [0.25, 0.3) is 0 Å². The largest absolute Gasteiger partial charge is 0.481 e. The smallest absolute Gasteiger partial charge is 0.335 e. The predicted octanol–water partition coefficient (Wildman–Crippen LogP) is 0.964. The molecule has 0 aromatic heterocycles. The van der Waals surface area contributed by atoms with Crippen LogP contribution in [0.1, 0.15) is 13.3 Å². The highest BCUT2D eigenvalue weighted by Crippen LogP contribution is 2.34. The predicted molar refractivity (Wildman–Crippen MR) is 98.4 cm³/mol. The second-order valence-corrected chi connectivity index (χ2v) is 6.12. The van der Waals surface area contributed by atoms with Crippen LogP contribution in [0.2, 0.25) is 0 Å². The molecule has 1 heterocycles. The Hall–Kier alpha value is -2.97. The van der Waals surface area contributed by atoms with Crippen LogP contribution in [0.5, 0.6) is 0 Å². The maximum atomic E-state index is 10.9. The highest BCUT2D eigenvalue weighted by Gasteiger charge is 2.38. The first-order chi connectivity index (χ1) is 12.8. The monoisotopic (exact) mass is 376 g/mol. The molecular weight excluding hydrogens is 352 g/mol. The van der Waals surface area contributed by atoms with Crippen molar-refractivity contribution in [2.24, 2.45) is 11.3 Å². The molecule has 0 bridgehead atoms. The first kappa shape index (κ1) is 22.1. The van der Waals surface area contributed by atoms with Gasteiger partial charge in [-0.05, 0) is 0 Å². The summed E-state index contributed by atoms with van der Waals surface area (Å²) in [7, 11) is 0. The van der Waals surface area contributed by atoms with Crippen LogP contribution in [0, 0.1) is 11.3 Å². The minimum atomic E-state index is -1.17. The highest BCUT2D eigenvalue weighted by molar-refractivity contribution is 5.92. The summed E-state index contributed by atoms with van der Waals surface area (Å²) < 4.78 is 0. The molecule has 1 aromatic rings. The molecule has 3 rings (SSSR count). The molecule has 1 aliphatic carbocycles. The Kier molecular flexibility index (Phi) is 8.91. The Labute approximate surface area is 157 Å². The van der Waals surface area contributed by atoms with E-state index in [0.717, 1.165) is 12.6 Å². The molecule has 1 aliphatic heterocycles. The third kappa shape index (κ3) is 7.43. The van der Waals surface area contributed by atoms with Gasteiger partial charge < -0.3 is 15.3 Å². The lowest BCUT2D eigenvalue weighted by Gasteiger charge is -2.31. The first-order valence-electron chi connectivity index (χ1n) is 8.30. The van der Waals surface area contributed by atoms with E-state index in [2.05, 4.69) is 10.9 Å². The van der Waals surface area contributed by atoms with Crippen molar-refractivity contribution >= 4 is 17.8 Å². The molecule has 5 N–H and O–H groups in total. The Morgan fingerprint density at radius 2 is 1.70 bits per heavy atom. The summed E-state index contributed by atoms with van der Waals surface area (Å²) in [4.78, 5) is 31.6. The third-order valence-electron chi connectivity index (χ3n) is 3.93. The lowest BCUT2D eigenvalue weighted by molar-refractivity contribution is -0.143. The van der Waals surface area contributed by atoms with Crippen molar-refractivity contribution in [2.75, 3.05) is 13.2 Å². The molecule has 2 atom stereocenters. The van der Waals surface area contributed by atoms with Gasteiger partial charge in [-0.3, -0.25) is 15.0 Å². The van der Waals surface area contributed by atoms with E-state index in [0.29, 0.717) is 6.42 Å². The van der Waals surface area contributed by atoms with Crippen molar-refractivity contribution in [3.8, 4) is 0 Å². The molecule has 1 aromatic carbocycles. The van der Waals surface area contributed by atoms with E-state index in [1.165, 1.54) is 12.2 Å². The number of hydrogen-bond donors (Lipinski definition) is 5. The number of hydrazine groups is 1. The number of aliphatic hydroxyl groups excluding tert-OH is 1. The Morgan fingerprint density at radius 1 is 1.15 bits per heavy atom. The fourth-order valence-corrected chi connectivity index (χ4v) is 2.24. The van der Waals surface area contributed by atoms with Crippen LogP contribution in [-0.2, 0) is 14.4 Å². The van der Waals surface area contributed by atoms with Gasteiger partial charge in [0, 0.05) is 18.4 Å². The fourth-order valence-electron chi connectivity index (χ4n) is 2.24. The number of nitrogens with one attached hydrogen (secondary N) is 2. The number of hydrogen-bond acceptors (Lipinski definition) is 5. The summed E-state index contributed by atoms with van der Waals surface area (Å²) in [6.07, 6.45) is 4.52. The van der Waals surface area contributed by atoms with Crippen molar-refractivity contribution in [1.82, 2.24) is 10.9 Å². The van der Waals surface area contributed by atoms with E-state index in [4.69, 9.17) is 15.3 Å². The average Bonchev–Trinajstić information content (AvgIpc) is 3.15. The number of rotatable bonds is 3. The van der Waals surface area contributed by atoms with Gasteiger partial charge in [0.1, 0.15) is 0 Å². The van der Waals surface area contributed by atoms with E-state index in [-0.39, 0.29) is 18.1 Å². The molecule has 0 saturated carbocycles. The molecule has 2 unspecified atom stereocenters. The number of carbonyl (C=O) groups excluding carboxylic acids is 1. The van der Waals surface area contributed by atoms with Crippen LogP contribution in [0.3, 0.4) is 0 Å². The number of carboxylic acid groups (broad SMARTS) is 2. The number of aliphatic carboxylic acids is 2. The zero-order valence-corrected chi connectivity index (χ0v) is 15.0. The molecule has 146 valence electrons. The average molecular weight is 376 g/mol. The molecule has 1 saturated heterocycles. The number of aliphatic hydroxyl groups is 1. The second kappa shape index (κ2) is 10.9. The third-order valence-corrected chi connectivity index (χ3v) is 3.93. The number of carboxylic acids is 2. The van der Waals surface area contributed by atoms with Gasteiger partial charge >= 0.3 is 11.9 Å². The van der Waals surface area contributed by atoms with Gasteiger partial charge in [-0.1, -0.05) is 61.5 Å². The number of benzene rings is 1. The van der Waals surface area contributed by atoms with Crippen LogP contribution >= 0.6 is 0 Å². The second-order valence-electron chi connectivity index (χ2n) is 6.12. The number of amides is 1. The van der Waals surface area contributed by atoms with E-state index < -0.39 is 23.3 Å². The van der Waals surface area contributed by atoms with Crippen molar-refractivity contribution < 1.29 is 29.7 Å². The minimum absolute atomic E-state index is 0.0617. The zero-order valence-electron chi connectivity index (χ0n) is 15.0. The summed E-state index contributed by atoms with van der Waals surface area (Å²) in [5, 5.41) is 26.7. The molecule has 8 heteroatoms. The molecule has 1 amide bonds. The molecule has 8 nitrogen and oxygen atoms in total. The van der Waals surface area contributed by atoms with Crippen LogP contribution in [-0.4, -0.2) is 46.3 Å². The van der Waals surface area contributed by atoms with Gasteiger partial charge in [-0.15, -0.1) is 0 Å². The van der Waals surface area contributed by atoms with Crippen molar-refractivity contribution in [2.45, 2.75) is 13.3 Å². The van der Waals surface area contributed by atoms with Gasteiger partial charge in [0.15, 0.2) is 0 Å². The summed E-state index contributed by atoms with van der Waals surface area (Å²) in [5.74, 6) is -3.24. The molecule has 0 radical (unpaired) electrons. The van der Waals surface area contributed by atoms with Crippen LogP contribution in [0.4, 0.5) is 0 Å². The van der Waals surface area contributed by atoms with Crippen LogP contribution in [0.25, 0.3) is 0 Å². The maximum absolute atomic E-state index is 10.9. The van der Waals surface area contributed by atoms with Crippen LogP contribution in [0.15, 0.2) is 60.2 Å². The molecule has 1 fully saturated rings. The molecule has 27 heavy (non-hydrogen) atoms. The Balaban J connectivity index is 0.000000246. The minimum Gasteiger partial charge on any atom is -0.481 e. The Bertz CT molecular complexity index is 667. The molecule has 0 spiro atoms. The topological polar surface area (TPSA) is 136 Å². The van der Waals surface area contributed by atoms with E-state index in [1.807, 2.05) is 36.4 Å². The van der Waals surface area contributed by atoms with E-state index in [1.54, 1.807) is 6.92 Å². The van der Waals surface area contributed by atoms with Gasteiger partial charge in [-0.25, -0.2) is 10.2 Å². The normalized spacial score (nSPS) is 23.0. The summed E-state index contributed by atoms with van der Waals surface area (Å²) in [5.41, 5.74) is 4.10. The summed E-state index contributed by atoms with van der Waals surface area (Å²) >= 11 is 0. The van der Waals surface area contributed by atoms with Crippen molar-refractivity contribution in [3.05, 3.63) is 60.2 Å². The lowest BCUT2D eigenvalue weighted by Crippen LogP contribution is -2.36. The lowest BCUT2D eigenvalue weighted by atomic mass is 9.73. The summed E-state index contributed by atoms with van der Waals surface area (Å²) in [6.45, 7) is 2.00. The van der Waals surface area contributed by atoms with Crippen molar-refractivity contribution in [3.63, 3.8) is 0 Å². The summed E-state index contributed by atoms with van der Waals surface area (Å²) in [6, 6.07) is 12.0. The maximum Gasteiger partial charge on any atom is 0.335 e. The molecule has 2 aliphatic rings. The molecular formula is C19H24N2O6. The highest BCUT2D eigenvalue weighted by atomic mass is 16.4. The van der Waals surface area contributed by atoms with Crippen molar-refractivity contribution in [1.29, 1.82) is 0 Å². The standard InChI is InChI=1S/C10H12O5.C6H6.C3H6N2O/c1-10(5-11)3-2-6(8(12)13)4-7(10)9(14)15;1-2-4-6-5-3-1;6-3-1-2-4-5-3/h2-4,7,11H,5H2,1H3,(H,12,13)(H,14,15);1-6H;4H,1-2H2,(H,5,6).